The predicted molar refractivity (Wildman–Crippen MR) is 137 cm³/mol. The van der Waals surface area contributed by atoms with E-state index in [1.807, 2.05) is 4.90 Å². The first-order valence-corrected chi connectivity index (χ1v) is 12.1. The fraction of sp³-hybridized carbons (Fsp3) is 0.231. The topological polar surface area (TPSA) is 121 Å². The molecule has 2 aliphatic rings. The highest BCUT2D eigenvalue weighted by Crippen LogP contribution is 2.47. The van der Waals surface area contributed by atoms with E-state index in [1.165, 1.54) is 29.2 Å². The van der Waals surface area contributed by atoms with Crippen LogP contribution >= 0.6 is 23.2 Å². The summed E-state index contributed by atoms with van der Waals surface area (Å²) >= 11 is 12.4. The SMILES string of the molecule is CN1C(=O)N(c2cc(Cl)cc(Cl)c2)C(=O)C12CN(Cc1ccc(C(=O)O)[nH]1)CC2c1ccc(C#N)cc1. The first-order chi connectivity index (χ1) is 17.6. The number of nitrogens with one attached hydrogen (secondary N) is 1. The molecule has 2 unspecified atom stereocenters. The number of amides is 3. The summed E-state index contributed by atoms with van der Waals surface area (Å²) < 4.78 is 0. The Morgan fingerprint density at radius 3 is 2.41 bits per heavy atom. The largest absolute Gasteiger partial charge is 0.477 e. The van der Waals surface area contributed by atoms with Gasteiger partial charge in [-0.1, -0.05) is 35.3 Å². The van der Waals surface area contributed by atoms with Crippen LogP contribution in [-0.2, 0) is 11.3 Å². The summed E-state index contributed by atoms with van der Waals surface area (Å²) in [5, 5.41) is 19.1. The molecule has 0 bridgehead atoms. The Kier molecular flexibility index (Phi) is 6.20. The molecule has 0 aliphatic carbocycles. The smallest absolute Gasteiger partial charge is 0.352 e. The molecule has 3 aromatic rings. The van der Waals surface area contributed by atoms with E-state index in [4.69, 9.17) is 23.2 Å². The van der Waals surface area contributed by atoms with Gasteiger partial charge in [-0.2, -0.15) is 5.26 Å². The lowest BCUT2D eigenvalue weighted by Crippen LogP contribution is -2.53. The maximum atomic E-state index is 14.2. The summed E-state index contributed by atoms with van der Waals surface area (Å²) in [5.41, 5.74) is 1.06. The average molecular weight is 538 g/mol. The van der Waals surface area contributed by atoms with Crippen LogP contribution in [-0.4, -0.2) is 63.5 Å². The van der Waals surface area contributed by atoms with Crippen LogP contribution in [0.15, 0.2) is 54.6 Å². The molecular formula is C26H21Cl2N5O4. The number of imide groups is 1. The van der Waals surface area contributed by atoms with E-state index in [9.17, 15) is 24.8 Å². The second-order valence-electron chi connectivity index (χ2n) is 9.19. The van der Waals surface area contributed by atoms with Crippen LogP contribution in [0.1, 0.15) is 33.2 Å². The van der Waals surface area contributed by atoms with Crippen molar-refractivity contribution < 1.29 is 19.5 Å². The molecule has 11 heteroatoms. The number of rotatable bonds is 5. The lowest BCUT2D eigenvalue weighted by atomic mass is 9.80. The van der Waals surface area contributed by atoms with Gasteiger partial charge in [-0.25, -0.2) is 14.5 Å². The number of aromatic amines is 1. The standard InChI is InChI=1S/C26H21Cl2N5O4/c1-31-25(37)33(20-9-17(27)8-18(28)10-20)24(36)26(31)14-32(12-19-6-7-22(30-19)23(34)35)13-21(26)16-4-2-15(11-29)3-5-16/h2-10,21,30H,12-14H2,1H3,(H,34,35). The number of likely N-dealkylation sites (N-methyl/N-ethyl adjacent to an activating group) is 1. The fourth-order valence-corrected chi connectivity index (χ4v) is 5.83. The van der Waals surface area contributed by atoms with E-state index in [-0.39, 0.29) is 17.9 Å². The highest BCUT2D eigenvalue weighted by molar-refractivity contribution is 6.35. The molecule has 0 radical (unpaired) electrons. The Morgan fingerprint density at radius 1 is 1.14 bits per heavy atom. The van der Waals surface area contributed by atoms with Crippen LogP contribution < -0.4 is 4.90 Å². The number of benzene rings is 2. The van der Waals surface area contributed by atoms with E-state index in [0.717, 1.165) is 10.5 Å². The number of nitriles is 1. The number of carboxylic acid groups (broad SMARTS) is 1. The summed E-state index contributed by atoms with van der Waals surface area (Å²) in [6, 6.07) is 16.3. The maximum absolute atomic E-state index is 14.2. The van der Waals surface area contributed by atoms with Crippen molar-refractivity contribution in [3.05, 3.63) is 87.2 Å². The zero-order valence-corrected chi connectivity index (χ0v) is 21.1. The number of halogens is 2. The predicted octanol–water partition coefficient (Wildman–Crippen LogP) is 4.33. The Labute approximate surface area is 222 Å². The number of carbonyl (C=O) groups excluding carboxylic acids is 2. The zero-order chi connectivity index (χ0) is 26.5. The second kappa shape index (κ2) is 9.23. The van der Waals surface area contributed by atoms with Gasteiger partial charge < -0.3 is 15.0 Å². The zero-order valence-electron chi connectivity index (χ0n) is 19.6. The van der Waals surface area contributed by atoms with Crippen molar-refractivity contribution in [3.8, 4) is 6.07 Å². The van der Waals surface area contributed by atoms with Crippen molar-refractivity contribution >= 4 is 46.8 Å². The molecule has 2 aliphatic heterocycles. The third-order valence-corrected chi connectivity index (χ3v) is 7.49. The molecule has 2 atom stereocenters. The molecule has 0 saturated carbocycles. The van der Waals surface area contributed by atoms with Gasteiger partial charge in [-0.05, 0) is 48.0 Å². The van der Waals surface area contributed by atoms with Gasteiger partial charge in [0.05, 0.1) is 17.3 Å². The monoisotopic (exact) mass is 537 g/mol. The van der Waals surface area contributed by atoms with Gasteiger partial charge in [0.1, 0.15) is 11.2 Å². The summed E-state index contributed by atoms with van der Waals surface area (Å²) in [6.45, 7) is 0.978. The number of H-pyrrole nitrogens is 1. The van der Waals surface area contributed by atoms with Crippen LogP contribution in [0.5, 0.6) is 0 Å². The number of nitrogens with zero attached hydrogens (tertiary/aromatic N) is 4. The Balaban J connectivity index is 1.56. The molecule has 2 aromatic carbocycles. The number of aromatic carboxylic acids is 1. The number of hydrogen-bond acceptors (Lipinski definition) is 5. The third-order valence-electron chi connectivity index (χ3n) is 7.05. The van der Waals surface area contributed by atoms with Gasteiger partial charge in [0.15, 0.2) is 0 Å². The molecule has 1 spiro atoms. The lowest BCUT2D eigenvalue weighted by Gasteiger charge is -2.34. The Morgan fingerprint density at radius 2 is 1.81 bits per heavy atom. The van der Waals surface area contributed by atoms with Gasteiger partial charge in [0.25, 0.3) is 5.91 Å². The molecular weight excluding hydrogens is 517 g/mol. The first kappa shape index (κ1) is 24.8. The van der Waals surface area contributed by atoms with Crippen molar-refractivity contribution in [2.24, 2.45) is 0 Å². The van der Waals surface area contributed by atoms with Gasteiger partial charge in [-0.15, -0.1) is 0 Å². The van der Waals surface area contributed by atoms with Crippen molar-refractivity contribution in [2.75, 3.05) is 25.0 Å². The van der Waals surface area contributed by atoms with E-state index < -0.39 is 29.4 Å². The quantitative estimate of drug-likeness (QED) is 0.467. The minimum absolute atomic E-state index is 0.0702. The Hall–Kier alpha value is -3.84. The second-order valence-corrected chi connectivity index (χ2v) is 10.1. The number of urea groups is 1. The van der Waals surface area contributed by atoms with Gasteiger partial charge in [0, 0.05) is 48.3 Å². The van der Waals surface area contributed by atoms with Crippen LogP contribution in [0, 0.1) is 11.3 Å². The summed E-state index contributed by atoms with van der Waals surface area (Å²) in [4.78, 5) is 46.5. The fourth-order valence-electron chi connectivity index (χ4n) is 5.31. The highest BCUT2D eigenvalue weighted by atomic mass is 35.5. The van der Waals surface area contributed by atoms with Crippen molar-refractivity contribution in [1.82, 2.24) is 14.8 Å². The van der Waals surface area contributed by atoms with Crippen molar-refractivity contribution in [3.63, 3.8) is 0 Å². The van der Waals surface area contributed by atoms with Crippen LogP contribution in [0.2, 0.25) is 10.0 Å². The van der Waals surface area contributed by atoms with E-state index in [1.54, 1.807) is 37.4 Å². The summed E-state index contributed by atoms with van der Waals surface area (Å²) in [5.74, 6) is -1.89. The third kappa shape index (κ3) is 4.13. The molecule has 5 rings (SSSR count). The molecule has 188 valence electrons. The van der Waals surface area contributed by atoms with Gasteiger partial charge in [-0.3, -0.25) is 9.69 Å². The number of aromatic nitrogens is 1. The van der Waals surface area contributed by atoms with Crippen LogP contribution in [0.4, 0.5) is 10.5 Å². The molecule has 9 nitrogen and oxygen atoms in total. The molecule has 2 N–H and O–H groups in total. The molecule has 3 amide bonds. The lowest BCUT2D eigenvalue weighted by molar-refractivity contribution is -0.124. The van der Waals surface area contributed by atoms with Crippen molar-refractivity contribution in [2.45, 2.75) is 18.0 Å². The number of anilines is 1. The average Bonchev–Trinajstić information content (AvgIpc) is 3.53. The molecule has 2 saturated heterocycles. The molecule has 1 aromatic heterocycles. The molecule has 3 heterocycles. The Bertz CT molecular complexity index is 1440. The van der Waals surface area contributed by atoms with E-state index in [2.05, 4.69) is 11.1 Å². The number of carbonyl (C=O) groups is 3. The molecule has 37 heavy (non-hydrogen) atoms. The minimum Gasteiger partial charge on any atom is -0.477 e. The molecule has 2 fully saturated rings. The highest BCUT2D eigenvalue weighted by Gasteiger charge is 2.64. The number of likely N-dealkylation sites (tertiary alicyclic amines) is 1. The van der Waals surface area contributed by atoms with Crippen molar-refractivity contribution in [1.29, 1.82) is 5.26 Å². The minimum atomic E-state index is -1.25. The summed E-state index contributed by atoms with van der Waals surface area (Å²) in [7, 11) is 1.60. The summed E-state index contributed by atoms with van der Waals surface area (Å²) in [6.07, 6.45) is 0. The van der Waals surface area contributed by atoms with Crippen LogP contribution in [0.25, 0.3) is 0 Å². The van der Waals surface area contributed by atoms with E-state index >= 15 is 0 Å². The first-order valence-electron chi connectivity index (χ1n) is 11.4. The number of hydrogen-bond donors (Lipinski definition) is 2. The van der Waals surface area contributed by atoms with E-state index in [0.29, 0.717) is 34.4 Å². The maximum Gasteiger partial charge on any atom is 0.352 e. The van der Waals surface area contributed by atoms with Gasteiger partial charge in [0.2, 0.25) is 0 Å². The van der Waals surface area contributed by atoms with Gasteiger partial charge >= 0.3 is 12.0 Å². The number of carboxylic acids is 1. The normalized spacial score (nSPS) is 21.7. The van der Waals surface area contributed by atoms with Crippen LogP contribution in [0.3, 0.4) is 0 Å².